The van der Waals surface area contributed by atoms with Gasteiger partial charge in [0.2, 0.25) is 0 Å². The second kappa shape index (κ2) is 7.22. The molecule has 1 unspecified atom stereocenters. The second-order valence-corrected chi connectivity index (χ2v) is 5.36. The highest BCUT2D eigenvalue weighted by atomic mass is 35.5. The Hall–Kier alpha value is -1.64. The van der Waals surface area contributed by atoms with E-state index >= 15 is 0 Å². The molecule has 0 aliphatic heterocycles. The fourth-order valence-corrected chi connectivity index (χ4v) is 1.65. The van der Waals surface area contributed by atoms with Crippen molar-refractivity contribution in [1.82, 2.24) is 10.3 Å². The highest BCUT2D eigenvalue weighted by Gasteiger charge is 2.27. The molecule has 1 N–H and O–H groups in total. The van der Waals surface area contributed by atoms with Gasteiger partial charge >= 0.3 is 0 Å². The van der Waals surface area contributed by atoms with E-state index < -0.39 is 11.4 Å². The van der Waals surface area contributed by atoms with Gasteiger partial charge in [0.15, 0.2) is 0 Å². The number of halogens is 1. The number of carbonyl (C=O) groups excluding carboxylic acids is 1. The second-order valence-electron chi connectivity index (χ2n) is 4.93. The van der Waals surface area contributed by atoms with E-state index in [-0.39, 0.29) is 11.8 Å². The average Bonchev–Trinajstić information content (AvgIpc) is 2.38. The van der Waals surface area contributed by atoms with Crippen LogP contribution in [0.15, 0.2) is 18.3 Å². The molecule has 0 bridgehead atoms. The number of pyridine rings is 1. The Morgan fingerprint density at radius 2 is 2.35 bits per heavy atom. The molecule has 108 valence electrons. The topological polar surface area (TPSA) is 75.0 Å². The van der Waals surface area contributed by atoms with Gasteiger partial charge in [0.05, 0.1) is 18.8 Å². The SMILES string of the molecule is CC(C)OCCC(C)(C#N)NC(=O)c1cc(Cl)ccn1. The van der Waals surface area contributed by atoms with Crippen molar-refractivity contribution >= 4 is 17.5 Å². The maximum Gasteiger partial charge on any atom is 0.271 e. The Balaban J connectivity index is 2.67. The molecule has 0 aliphatic carbocycles. The van der Waals surface area contributed by atoms with E-state index in [0.717, 1.165) is 0 Å². The van der Waals surface area contributed by atoms with E-state index in [1.54, 1.807) is 13.0 Å². The van der Waals surface area contributed by atoms with Crippen molar-refractivity contribution in [2.45, 2.75) is 38.8 Å². The number of hydrogen-bond acceptors (Lipinski definition) is 4. The number of nitriles is 1. The summed E-state index contributed by atoms with van der Waals surface area (Å²) in [5.74, 6) is -0.430. The van der Waals surface area contributed by atoms with Gasteiger partial charge in [-0.1, -0.05) is 11.6 Å². The molecule has 1 atom stereocenters. The van der Waals surface area contributed by atoms with E-state index in [9.17, 15) is 10.1 Å². The molecule has 0 fully saturated rings. The first-order valence-corrected chi connectivity index (χ1v) is 6.71. The van der Waals surface area contributed by atoms with Crippen molar-refractivity contribution in [3.8, 4) is 6.07 Å². The Labute approximate surface area is 123 Å². The van der Waals surface area contributed by atoms with Gasteiger partial charge in [0.25, 0.3) is 5.91 Å². The summed E-state index contributed by atoms with van der Waals surface area (Å²) < 4.78 is 5.41. The van der Waals surface area contributed by atoms with Crippen molar-refractivity contribution in [3.63, 3.8) is 0 Å². The molecule has 20 heavy (non-hydrogen) atoms. The predicted octanol–water partition coefficient (Wildman–Crippen LogP) is 2.56. The standard InChI is InChI=1S/C14H18ClN3O2/c1-10(2)20-7-5-14(3,9-16)18-13(19)12-8-11(15)4-6-17-12/h4,6,8,10H,5,7H2,1-3H3,(H,18,19). The number of rotatable bonds is 6. The Bertz CT molecular complexity index is 513. The normalized spacial score (nSPS) is 13.6. The Morgan fingerprint density at radius 1 is 1.65 bits per heavy atom. The van der Waals surface area contributed by atoms with E-state index in [1.165, 1.54) is 12.3 Å². The number of nitrogens with zero attached hydrogens (tertiary/aromatic N) is 2. The van der Waals surface area contributed by atoms with Gasteiger partial charge in [-0.15, -0.1) is 0 Å². The molecule has 0 saturated carbocycles. The maximum absolute atomic E-state index is 12.0. The summed E-state index contributed by atoms with van der Waals surface area (Å²) in [4.78, 5) is 16.0. The minimum atomic E-state index is -1.00. The lowest BCUT2D eigenvalue weighted by Crippen LogP contribution is -2.46. The zero-order valence-corrected chi connectivity index (χ0v) is 12.6. The molecule has 0 saturated heterocycles. The summed E-state index contributed by atoms with van der Waals surface area (Å²) in [7, 11) is 0. The van der Waals surface area contributed by atoms with Crippen molar-refractivity contribution in [2.75, 3.05) is 6.61 Å². The molecule has 0 radical (unpaired) electrons. The molecule has 1 rings (SSSR count). The lowest BCUT2D eigenvalue weighted by molar-refractivity contribution is 0.0651. The first kappa shape index (κ1) is 16.4. The van der Waals surface area contributed by atoms with Crippen molar-refractivity contribution in [2.24, 2.45) is 0 Å². The van der Waals surface area contributed by atoms with E-state index in [2.05, 4.69) is 16.4 Å². The average molecular weight is 296 g/mol. The van der Waals surface area contributed by atoms with Gasteiger partial charge in [-0.25, -0.2) is 0 Å². The number of ether oxygens (including phenoxy) is 1. The Kier molecular flexibility index (Phi) is 5.93. The molecule has 1 aromatic heterocycles. The van der Waals surface area contributed by atoms with Crippen molar-refractivity contribution < 1.29 is 9.53 Å². The van der Waals surface area contributed by atoms with Gasteiger partial charge in [0, 0.05) is 17.6 Å². The summed E-state index contributed by atoms with van der Waals surface area (Å²) >= 11 is 5.81. The zero-order chi connectivity index (χ0) is 15.2. The van der Waals surface area contributed by atoms with E-state index in [4.69, 9.17) is 16.3 Å². The summed E-state index contributed by atoms with van der Waals surface area (Å²) in [5, 5.41) is 12.3. The molecule has 0 aromatic carbocycles. The number of amides is 1. The fraction of sp³-hybridized carbons (Fsp3) is 0.500. The highest BCUT2D eigenvalue weighted by Crippen LogP contribution is 2.12. The lowest BCUT2D eigenvalue weighted by Gasteiger charge is -2.23. The Morgan fingerprint density at radius 3 is 2.90 bits per heavy atom. The molecule has 6 heteroatoms. The van der Waals surface area contributed by atoms with Crippen LogP contribution in [0.2, 0.25) is 5.02 Å². The van der Waals surface area contributed by atoms with Crippen LogP contribution in [0.1, 0.15) is 37.7 Å². The van der Waals surface area contributed by atoms with Crippen molar-refractivity contribution in [1.29, 1.82) is 5.26 Å². The van der Waals surface area contributed by atoms with Crippen LogP contribution in [0.25, 0.3) is 0 Å². The van der Waals surface area contributed by atoms with Crippen molar-refractivity contribution in [3.05, 3.63) is 29.0 Å². The van der Waals surface area contributed by atoms with Crippen LogP contribution >= 0.6 is 11.6 Å². The van der Waals surface area contributed by atoms with Gasteiger partial charge in [-0.2, -0.15) is 5.26 Å². The lowest BCUT2D eigenvalue weighted by atomic mass is 10.00. The number of aromatic nitrogens is 1. The molecule has 0 aliphatic rings. The summed E-state index contributed by atoms with van der Waals surface area (Å²) in [5.41, 5.74) is -0.820. The van der Waals surface area contributed by atoms with Gasteiger partial charge < -0.3 is 10.1 Å². The smallest absolute Gasteiger partial charge is 0.271 e. The third-order valence-electron chi connectivity index (χ3n) is 2.64. The summed E-state index contributed by atoms with van der Waals surface area (Å²) in [6, 6.07) is 5.13. The maximum atomic E-state index is 12.0. The molecule has 1 aromatic rings. The first-order chi connectivity index (χ1) is 9.36. The highest BCUT2D eigenvalue weighted by molar-refractivity contribution is 6.30. The number of hydrogen-bond donors (Lipinski definition) is 1. The largest absolute Gasteiger partial charge is 0.379 e. The monoisotopic (exact) mass is 295 g/mol. The van der Waals surface area contributed by atoms with Gasteiger partial charge in [0.1, 0.15) is 11.2 Å². The third kappa shape index (κ3) is 5.16. The third-order valence-corrected chi connectivity index (χ3v) is 2.88. The molecular weight excluding hydrogens is 278 g/mol. The van der Waals surface area contributed by atoms with E-state index in [0.29, 0.717) is 18.1 Å². The number of carbonyl (C=O) groups is 1. The van der Waals surface area contributed by atoms with Crippen LogP contribution in [0.3, 0.4) is 0 Å². The molecule has 1 amide bonds. The van der Waals surface area contributed by atoms with Crippen LogP contribution < -0.4 is 5.32 Å². The summed E-state index contributed by atoms with van der Waals surface area (Å²) in [6.45, 7) is 5.88. The molecular formula is C14H18ClN3O2. The fourth-order valence-electron chi connectivity index (χ4n) is 1.49. The van der Waals surface area contributed by atoms with Gasteiger partial charge in [-0.05, 0) is 32.9 Å². The van der Waals surface area contributed by atoms with Crippen LogP contribution in [0.4, 0.5) is 0 Å². The van der Waals surface area contributed by atoms with Crippen LogP contribution in [0.5, 0.6) is 0 Å². The quantitative estimate of drug-likeness (QED) is 0.875. The van der Waals surface area contributed by atoms with Crippen LogP contribution in [0, 0.1) is 11.3 Å². The molecule has 5 nitrogen and oxygen atoms in total. The van der Waals surface area contributed by atoms with Crippen LogP contribution in [-0.4, -0.2) is 29.1 Å². The minimum absolute atomic E-state index is 0.0863. The van der Waals surface area contributed by atoms with E-state index in [1.807, 2.05) is 13.8 Å². The minimum Gasteiger partial charge on any atom is -0.379 e. The predicted molar refractivity (Wildman–Crippen MR) is 76.4 cm³/mol. The van der Waals surface area contributed by atoms with Gasteiger partial charge in [-0.3, -0.25) is 9.78 Å². The summed E-state index contributed by atoms with van der Waals surface area (Å²) in [6.07, 6.45) is 1.93. The zero-order valence-electron chi connectivity index (χ0n) is 11.8. The first-order valence-electron chi connectivity index (χ1n) is 6.33. The molecule has 1 heterocycles. The van der Waals surface area contributed by atoms with Crippen LogP contribution in [-0.2, 0) is 4.74 Å². The number of nitrogens with one attached hydrogen (secondary N) is 1. The molecule has 0 spiro atoms.